The molecule has 1 aromatic carbocycles. The highest BCUT2D eigenvalue weighted by Gasteiger charge is 2.23. The number of hydrogen-bond donors (Lipinski definition) is 2. The van der Waals surface area contributed by atoms with Crippen LogP contribution >= 0.6 is 11.8 Å². The molecule has 0 bridgehead atoms. The maximum atomic E-state index is 12.1. The van der Waals surface area contributed by atoms with E-state index >= 15 is 0 Å². The second-order valence-electron chi connectivity index (χ2n) is 6.81. The normalized spacial score (nSPS) is 14.1. The summed E-state index contributed by atoms with van der Waals surface area (Å²) in [5.41, 5.74) is 1.18. The quantitative estimate of drug-likeness (QED) is 0.582. The summed E-state index contributed by atoms with van der Waals surface area (Å²) in [6, 6.07) is 13.1. The average molecular weight is 410 g/mol. The summed E-state index contributed by atoms with van der Waals surface area (Å²) in [6.45, 7) is 1.98. The summed E-state index contributed by atoms with van der Waals surface area (Å²) in [6.07, 6.45) is 5.36. The van der Waals surface area contributed by atoms with Crippen LogP contribution in [0.3, 0.4) is 0 Å². The zero-order chi connectivity index (χ0) is 20.6. The number of hydrogen-bond acceptors (Lipinski definition) is 6. The summed E-state index contributed by atoms with van der Waals surface area (Å²) in [5.74, 6) is -0.285. The molecule has 29 heavy (non-hydrogen) atoms. The molecule has 0 radical (unpaired) electrons. The summed E-state index contributed by atoms with van der Waals surface area (Å²) < 4.78 is 0. The third-order valence-corrected chi connectivity index (χ3v) is 5.63. The lowest BCUT2D eigenvalue weighted by Crippen LogP contribution is -2.42. The van der Waals surface area contributed by atoms with Crippen molar-refractivity contribution in [3.8, 4) is 6.07 Å². The van der Waals surface area contributed by atoms with E-state index in [0.29, 0.717) is 23.6 Å². The van der Waals surface area contributed by atoms with Gasteiger partial charge in [0.1, 0.15) is 11.9 Å². The number of piperidine rings is 1. The molecule has 2 aromatic rings. The highest BCUT2D eigenvalue weighted by molar-refractivity contribution is 7.98. The fourth-order valence-electron chi connectivity index (χ4n) is 3.29. The molecule has 0 spiro atoms. The van der Waals surface area contributed by atoms with Crippen LogP contribution in [0.25, 0.3) is 0 Å². The first-order valence-electron chi connectivity index (χ1n) is 9.44. The highest BCUT2D eigenvalue weighted by Crippen LogP contribution is 2.24. The summed E-state index contributed by atoms with van der Waals surface area (Å²) in [5, 5.41) is 14.6. The number of rotatable bonds is 5. The van der Waals surface area contributed by atoms with E-state index in [1.807, 2.05) is 24.5 Å². The lowest BCUT2D eigenvalue weighted by Gasteiger charge is -2.33. The molecular weight excluding hydrogens is 386 g/mol. The van der Waals surface area contributed by atoms with Gasteiger partial charge in [-0.15, -0.1) is 11.8 Å². The van der Waals surface area contributed by atoms with Crippen molar-refractivity contribution in [1.29, 1.82) is 5.26 Å². The molecule has 2 amide bonds. The van der Waals surface area contributed by atoms with Crippen LogP contribution in [0.5, 0.6) is 0 Å². The number of carbonyl (C=O) groups is 2. The van der Waals surface area contributed by atoms with Gasteiger partial charge in [0.15, 0.2) is 0 Å². The van der Waals surface area contributed by atoms with Crippen molar-refractivity contribution in [3.63, 3.8) is 0 Å². The minimum absolute atomic E-state index is 0.289. The zero-order valence-electron chi connectivity index (χ0n) is 16.2. The molecule has 1 aromatic heterocycles. The number of nitrogens with one attached hydrogen (secondary N) is 2. The molecule has 2 N–H and O–H groups in total. The van der Waals surface area contributed by atoms with Crippen LogP contribution in [0.15, 0.2) is 47.5 Å². The first kappa shape index (κ1) is 20.7. The third kappa shape index (κ3) is 5.48. The second-order valence-corrected chi connectivity index (χ2v) is 7.69. The van der Waals surface area contributed by atoms with E-state index in [-0.39, 0.29) is 5.92 Å². The number of nitriles is 1. The third-order valence-electron chi connectivity index (χ3n) is 4.91. The van der Waals surface area contributed by atoms with Gasteiger partial charge in [0.25, 0.3) is 0 Å². The van der Waals surface area contributed by atoms with E-state index in [4.69, 9.17) is 0 Å². The largest absolute Gasteiger partial charge is 0.356 e. The van der Waals surface area contributed by atoms with E-state index in [0.717, 1.165) is 30.8 Å². The Bertz CT molecular complexity index is 919. The molecule has 0 aliphatic carbocycles. The summed E-state index contributed by atoms with van der Waals surface area (Å²) in [4.78, 5) is 31.7. The number of carbonyl (C=O) groups excluding carboxylic acids is 2. The van der Waals surface area contributed by atoms with Gasteiger partial charge >= 0.3 is 11.8 Å². The van der Waals surface area contributed by atoms with Crippen molar-refractivity contribution in [2.24, 2.45) is 5.92 Å². The van der Waals surface area contributed by atoms with Crippen LogP contribution in [0, 0.1) is 17.2 Å². The monoisotopic (exact) mass is 409 g/mol. The average Bonchev–Trinajstić information content (AvgIpc) is 2.77. The van der Waals surface area contributed by atoms with E-state index in [2.05, 4.69) is 26.6 Å². The lowest BCUT2D eigenvalue weighted by molar-refractivity contribution is -0.136. The van der Waals surface area contributed by atoms with Crippen LogP contribution in [0.2, 0.25) is 0 Å². The standard InChI is InChI=1S/C21H23N5O2S/c1-29-18-6-2-5-17(12-18)25-21(28)20(27)24-14-15-7-10-26(11-8-15)19-16(13-22)4-3-9-23-19/h2-6,9,12,15H,7-8,10-11,14H2,1H3,(H,24,27)(H,25,28). The minimum atomic E-state index is -0.659. The SMILES string of the molecule is CSc1cccc(NC(=O)C(=O)NCC2CCN(c3ncccc3C#N)CC2)c1. The van der Waals surface area contributed by atoms with Gasteiger partial charge in [-0.2, -0.15) is 5.26 Å². The zero-order valence-corrected chi connectivity index (χ0v) is 17.0. The first-order chi connectivity index (χ1) is 14.1. The van der Waals surface area contributed by atoms with Crippen LogP contribution in [0.4, 0.5) is 11.5 Å². The molecule has 1 saturated heterocycles. The van der Waals surface area contributed by atoms with Crippen molar-refractivity contribution >= 4 is 35.1 Å². The molecule has 3 rings (SSSR count). The molecule has 150 valence electrons. The van der Waals surface area contributed by atoms with Crippen molar-refractivity contribution in [1.82, 2.24) is 10.3 Å². The van der Waals surface area contributed by atoms with Gasteiger partial charge in [-0.1, -0.05) is 6.07 Å². The predicted molar refractivity (Wildman–Crippen MR) is 114 cm³/mol. The summed E-state index contributed by atoms with van der Waals surface area (Å²) in [7, 11) is 0. The molecule has 1 aliphatic rings. The Labute approximate surface area is 174 Å². The van der Waals surface area contributed by atoms with E-state index in [9.17, 15) is 14.9 Å². The molecule has 1 fully saturated rings. The van der Waals surface area contributed by atoms with E-state index in [1.54, 1.807) is 36.2 Å². The molecule has 1 aliphatic heterocycles. The van der Waals surface area contributed by atoms with Gasteiger partial charge in [0.05, 0.1) is 5.56 Å². The van der Waals surface area contributed by atoms with Crippen molar-refractivity contribution in [2.45, 2.75) is 17.7 Å². The van der Waals surface area contributed by atoms with Crippen molar-refractivity contribution in [2.75, 3.05) is 36.1 Å². The smallest absolute Gasteiger partial charge is 0.313 e. The number of benzene rings is 1. The Morgan fingerprint density at radius 3 is 2.76 bits per heavy atom. The van der Waals surface area contributed by atoms with E-state index < -0.39 is 11.8 Å². The highest BCUT2D eigenvalue weighted by atomic mass is 32.2. The Balaban J connectivity index is 1.45. The topological polar surface area (TPSA) is 98.1 Å². The Morgan fingerprint density at radius 2 is 2.03 bits per heavy atom. The lowest BCUT2D eigenvalue weighted by atomic mass is 9.96. The van der Waals surface area contributed by atoms with Crippen LogP contribution in [0.1, 0.15) is 18.4 Å². The molecule has 8 heteroatoms. The molecule has 7 nitrogen and oxygen atoms in total. The van der Waals surface area contributed by atoms with Gasteiger partial charge in [-0.25, -0.2) is 4.98 Å². The number of aromatic nitrogens is 1. The van der Waals surface area contributed by atoms with Gasteiger partial charge in [-0.3, -0.25) is 9.59 Å². The Hall–Kier alpha value is -3.05. The van der Waals surface area contributed by atoms with Crippen LogP contribution in [-0.4, -0.2) is 42.7 Å². The Kier molecular flexibility index (Phi) is 7.09. The van der Waals surface area contributed by atoms with Gasteiger partial charge in [0.2, 0.25) is 0 Å². The second kappa shape index (κ2) is 9.94. The molecular formula is C21H23N5O2S. The van der Waals surface area contributed by atoms with Crippen molar-refractivity contribution in [3.05, 3.63) is 48.2 Å². The molecule has 0 saturated carbocycles. The minimum Gasteiger partial charge on any atom is -0.356 e. The van der Waals surface area contributed by atoms with Gasteiger partial charge in [0, 0.05) is 36.4 Å². The van der Waals surface area contributed by atoms with Gasteiger partial charge in [-0.05, 0) is 55.3 Å². The number of thioether (sulfide) groups is 1. The number of amides is 2. The van der Waals surface area contributed by atoms with E-state index in [1.165, 1.54) is 0 Å². The number of nitrogens with zero attached hydrogens (tertiary/aromatic N) is 3. The molecule has 0 atom stereocenters. The maximum Gasteiger partial charge on any atom is 0.313 e. The van der Waals surface area contributed by atoms with Gasteiger partial charge < -0.3 is 15.5 Å². The predicted octanol–water partition coefficient (Wildman–Crippen LogP) is 2.65. The Morgan fingerprint density at radius 1 is 1.24 bits per heavy atom. The fraction of sp³-hybridized carbons (Fsp3) is 0.333. The summed E-state index contributed by atoms with van der Waals surface area (Å²) >= 11 is 1.57. The van der Waals surface area contributed by atoms with Crippen molar-refractivity contribution < 1.29 is 9.59 Å². The number of pyridine rings is 1. The van der Waals surface area contributed by atoms with Crippen LogP contribution in [-0.2, 0) is 9.59 Å². The molecule has 0 unspecified atom stereocenters. The van der Waals surface area contributed by atoms with Crippen LogP contribution < -0.4 is 15.5 Å². The number of anilines is 2. The maximum absolute atomic E-state index is 12.1. The first-order valence-corrected chi connectivity index (χ1v) is 10.7. The molecule has 2 heterocycles. The fourth-order valence-corrected chi connectivity index (χ4v) is 3.75.